The summed E-state index contributed by atoms with van der Waals surface area (Å²) in [4.78, 5) is 97.3. The number of anilines is 1. The Balaban J connectivity index is 1.01. The molecule has 0 saturated carbocycles. The van der Waals surface area contributed by atoms with Crippen LogP contribution in [0.1, 0.15) is 58.1 Å². The molecule has 5 aliphatic heterocycles. The van der Waals surface area contributed by atoms with E-state index in [1.54, 1.807) is 6.20 Å². The molecule has 2 bridgehead atoms. The Morgan fingerprint density at radius 1 is 0.817 bits per heavy atom. The van der Waals surface area contributed by atoms with Gasteiger partial charge >= 0.3 is 37.7 Å². The van der Waals surface area contributed by atoms with E-state index in [4.69, 9.17) is 74.3 Å². The van der Waals surface area contributed by atoms with Crippen molar-refractivity contribution in [2.24, 2.45) is 0 Å². The van der Waals surface area contributed by atoms with Crippen molar-refractivity contribution in [3.63, 3.8) is 0 Å². The minimum atomic E-state index is -5.22. The number of likely N-dealkylation sites (tertiary alicyclic amines) is 1. The summed E-state index contributed by atoms with van der Waals surface area (Å²) in [6.45, 7) is 11.4. The number of hydrogen-bond acceptors (Lipinski definition) is 22. The molecule has 4 fully saturated rings. The van der Waals surface area contributed by atoms with Gasteiger partial charge in [0, 0.05) is 35.4 Å². The zero-order valence-corrected chi connectivity index (χ0v) is 60.2. The number of fused-ring (bicyclic) bond motifs is 4. The summed E-state index contributed by atoms with van der Waals surface area (Å²) in [5, 5.41) is 4.85. The highest BCUT2D eigenvalue weighted by molar-refractivity contribution is 8.07. The van der Waals surface area contributed by atoms with Crippen LogP contribution in [0.2, 0.25) is 69.5 Å². The van der Waals surface area contributed by atoms with Crippen LogP contribution >= 0.6 is 13.4 Å². The van der Waals surface area contributed by atoms with Gasteiger partial charge in [0.05, 0.1) is 63.9 Å². The summed E-state index contributed by atoms with van der Waals surface area (Å²) >= 11 is 11.9. The molecule has 9 rings (SSSR count). The van der Waals surface area contributed by atoms with Gasteiger partial charge in [-0.1, -0.05) is 60.1 Å². The number of carbonyl (C=O) groups is 4. The largest absolute Gasteiger partial charge is 0.471 e. The fourth-order valence-electron chi connectivity index (χ4n) is 10.7. The van der Waals surface area contributed by atoms with Crippen molar-refractivity contribution in [2.45, 2.75) is 184 Å². The number of hydrogen-bond donors (Lipinski definition) is 3. The number of imidazole rings is 1. The number of carbonyl (C=O) groups excluding carboxylic acids is 4. The van der Waals surface area contributed by atoms with E-state index in [0.29, 0.717) is 28.7 Å². The number of alkyl carbamates (subject to hydrolysis) is 1. The van der Waals surface area contributed by atoms with E-state index in [-0.39, 0.29) is 88.2 Å². The number of nitrogens with one attached hydrogen (secondary N) is 2. The third-order valence-corrected chi connectivity index (χ3v) is 28.6. The lowest BCUT2D eigenvalue weighted by atomic mass is 10.1. The topological polar surface area (TPSA) is 304 Å². The molecule has 4 amide bonds. The van der Waals surface area contributed by atoms with E-state index in [1.165, 1.54) is 37.6 Å². The first kappa shape index (κ1) is 73.0. The van der Waals surface area contributed by atoms with E-state index in [1.807, 2.05) is 33.9 Å². The lowest BCUT2D eigenvalue weighted by molar-refractivity contribution is -0.186. The normalized spacial score (nSPS) is 27.5. The minimum absolute atomic E-state index is 0.0299. The number of amides is 4. The zero-order chi connectivity index (χ0) is 67.8. The van der Waals surface area contributed by atoms with Crippen molar-refractivity contribution in [3.8, 4) is 0 Å². The molecule has 5 aliphatic rings. The van der Waals surface area contributed by atoms with Crippen molar-refractivity contribution in [1.29, 1.82) is 0 Å². The molecule has 28 nitrogen and oxygen atoms in total. The number of aromatic nitrogens is 7. The molecule has 93 heavy (non-hydrogen) atoms. The summed E-state index contributed by atoms with van der Waals surface area (Å²) < 4.78 is 133. The molecule has 9 heterocycles. The molecule has 0 spiro atoms. The summed E-state index contributed by atoms with van der Waals surface area (Å²) in [5.74, 6) is -2.39. The monoisotopic (exact) mass is 1440 g/mol. The number of aryl methyl sites for hydroxylation is 1. The fourth-order valence-corrected chi connectivity index (χ4v) is 17.0. The fraction of sp³-hybridized carbons (Fsp3) is 0.722. The molecule has 4 aromatic rings. The first-order chi connectivity index (χ1) is 43.4. The maximum Gasteiger partial charge on any atom is 0.471 e. The first-order valence-electron chi connectivity index (χ1n) is 30.6. The molecule has 3 N–H and O–H groups in total. The SMILES string of the molecule is CC(C)(C)[Si](C)(C)O[C@H]1[C@H]2O[P@@](=S)(OC[C@H]3CCCN3C(=O)C(F)(F)F)OC[C@H]3O[C@@H](n4cc5c6c(ncnc64)N(C(=O)OCC[Si](C)(C)C)CCC5)[C@H](F)[C@@H]3OP(O)(=S)OC[C@H]1O[C@H]2n1cnc2c(=O)n(CCOCNC(=O)CNC(=O)OCC[Si](C)(C)C)cnc21. The molecule has 0 aromatic carbocycles. The average Bonchev–Trinajstić information content (AvgIpc) is 1.60. The number of alkyl halides is 4. The Hall–Kier alpha value is -4.28. The van der Waals surface area contributed by atoms with Gasteiger partial charge in [-0.2, -0.15) is 13.2 Å². The molecule has 4 saturated heterocycles. The van der Waals surface area contributed by atoms with Crippen LogP contribution in [0.3, 0.4) is 0 Å². The second-order valence-electron chi connectivity index (χ2n) is 27.3. The van der Waals surface area contributed by atoms with Crippen molar-refractivity contribution in [3.05, 3.63) is 41.1 Å². The second-order valence-corrected chi connectivity index (χ2v) is 49.1. The average molecular weight is 1440 g/mol. The summed E-state index contributed by atoms with van der Waals surface area (Å²) in [7, 11) is -5.97. The van der Waals surface area contributed by atoms with Crippen LogP contribution in [0.15, 0.2) is 30.0 Å². The minimum Gasteiger partial charge on any atom is -0.450 e. The summed E-state index contributed by atoms with van der Waals surface area (Å²) in [5.41, 5.74) is 0.0527. The Bertz CT molecular complexity index is 3540. The van der Waals surface area contributed by atoms with Gasteiger partial charge in [0.1, 0.15) is 62.1 Å². The van der Waals surface area contributed by atoms with Crippen LogP contribution in [0.5, 0.6) is 0 Å². The van der Waals surface area contributed by atoms with Crippen LogP contribution in [0.25, 0.3) is 22.2 Å². The van der Waals surface area contributed by atoms with Gasteiger partial charge in [-0.25, -0.2) is 33.9 Å². The predicted octanol–water partition coefficient (Wildman–Crippen LogP) is 7.77. The molecular weight excluding hydrogens is 1360 g/mol. The van der Waals surface area contributed by atoms with Crippen molar-refractivity contribution >= 4 is 114 Å². The van der Waals surface area contributed by atoms with Gasteiger partial charge in [-0.05, 0) is 85.1 Å². The van der Waals surface area contributed by atoms with E-state index < -0.39 is 154 Å². The van der Waals surface area contributed by atoms with Crippen LogP contribution in [-0.2, 0) is 96.9 Å². The Kier molecular flexibility index (Phi) is 22.8. The van der Waals surface area contributed by atoms with Crippen molar-refractivity contribution in [1.82, 2.24) is 49.2 Å². The molecule has 11 atom stereocenters. The highest BCUT2D eigenvalue weighted by atomic mass is 32.5. The molecule has 518 valence electrons. The molecular formula is C54H83F4N11O17P2S2Si3. The number of rotatable bonds is 20. The van der Waals surface area contributed by atoms with Crippen molar-refractivity contribution < 1.29 is 92.4 Å². The van der Waals surface area contributed by atoms with Gasteiger partial charge in [0.25, 0.3) is 5.56 Å². The predicted molar refractivity (Wildman–Crippen MR) is 345 cm³/mol. The van der Waals surface area contributed by atoms with Crippen LogP contribution in [0, 0.1) is 0 Å². The third-order valence-electron chi connectivity index (χ3n) is 16.9. The zero-order valence-electron chi connectivity index (χ0n) is 53.8. The highest BCUT2D eigenvalue weighted by Crippen LogP contribution is 2.58. The number of halogens is 4. The van der Waals surface area contributed by atoms with Crippen LogP contribution in [-0.4, -0.2) is 207 Å². The summed E-state index contributed by atoms with van der Waals surface area (Å²) in [6, 6.07) is 0.337. The van der Waals surface area contributed by atoms with Gasteiger partial charge in [-0.3, -0.25) is 37.5 Å². The first-order valence-corrected chi connectivity index (χ1v) is 46.1. The van der Waals surface area contributed by atoms with E-state index in [9.17, 15) is 42.0 Å². The Morgan fingerprint density at radius 3 is 2.22 bits per heavy atom. The van der Waals surface area contributed by atoms with E-state index in [2.05, 4.69) is 69.9 Å². The molecule has 0 radical (unpaired) electrons. The third kappa shape index (κ3) is 17.7. The maximum atomic E-state index is 17.7. The maximum absolute atomic E-state index is 17.7. The van der Waals surface area contributed by atoms with E-state index in [0.717, 1.165) is 12.1 Å². The van der Waals surface area contributed by atoms with Crippen LogP contribution < -0.4 is 21.1 Å². The van der Waals surface area contributed by atoms with Crippen molar-refractivity contribution in [2.75, 3.05) is 70.9 Å². The summed E-state index contributed by atoms with van der Waals surface area (Å²) in [6.07, 6.45) is -12.5. The van der Waals surface area contributed by atoms with Crippen LogP contribution in [0.4, 0.5) is 33.0 Å². The Labute approximate surface area is 548 Å². The second kappa shape index (κ2) is 29.0. The quantitative estimate of drug-likeness (QED) is 0.0250. The lowest BCUT2D eigenvalue weighted by Gasteiger charge is -2.41. The molecule has 39 heteroatoms. The Morgan fingerprint density at radius 2 is 1.52 bits per heavy atom. The molecule has 4 aromatic heterocycles. The number of nitrogens with zero attached hydrogens (tertiary/aromatic N) is 9. The van der Waals surface area contributed by atoms with Gasteiger partial charge in [-0.15, -0.1) is 0 Å². The highest BCUT2D eigenvalue weighted by Gasteiger charge is 2.57. The number of ether oxygens (including phenoxy) is 5. The molecule has 1 unspecified atom stereocenters. The smallest absolute Gasteiger partial charge is 0.450 e. The molecule has 0 aliphatic carbocycles. The van der Waals surface area contributed by atoms with Gasteiger partial charge in [0.15, 0.2) is 43.9 Å². The lowest BCUT2D eigenvalue weighted by Crippen LogP contribution is -2.50. The van der Waals surface area contributed by atoms with Gasteiger partial charge in [0.2, 0.25) is 5.91 Å². The standard InChI is InChI=1S/C54H83F4N11O17P2S2Si3/c1-53(2,3)93(10,11)86-42-36-27-79-87(75,89)84-41-35(82-48(39(41)55)68-25-33-14-12-17-67(44-38(33)45(68)61-29-60-44)52(74)78-21-23-92(7,8)9)28-81-88(90,80-26-34-15-13-16-66(34)50(72)54(56,57)58)85-43(42)49(83-36)69-31-62-40-46(69)63-30-65(47(40)71)18-19-76-32-64-37(70)24-59-51(73)77-20-22-91(4,5)6/h25,29-31,34-36,39,41-43,48-49H,12-24,26-28,32H2,1-11H3,(H,59,73)(H,64,70)(H,75,89)/t34-,35-,36-,39-,41-,42-,43-,48-,49-,87?,88-/m1/s1. The van der Waals surface area contributed by atoms with E-state index >= 15 is 4.39 Å². The van der Waals surface area contributed by atoms with Gasteiger partial charge < -0.3 is 66.7 Å².